The summed E-state index contributed by atoms with van der Waals surface area (Å²) < 4.78 is 38.3. The van der Waals surface area contributed by atoms with Crippen LogP contribution in [-0.4, -0.2) is 12.3 Å². The first-order chi connectivity index (χ1) is 8.63. The first kappa shape index (κ1) is 16.0. The fraction of sp³-hybridized carbons (Fsp3) is 0.571. The van der Waals surface area contributed by atoms with E-state index in [2.05, 4.69) is 5.32 Å². The van der Waals surface area contributed by atoms with Crippen molar-refractivity contribution in [2.45, 2.75) is 45.6 Å². The quantitative estimate of drug-likeness (QED) is 0.805. The van der Waals surface area contributed by atoms with Crippen LogP contribution in [0, 0.1) is 5.41 Å². The standard InChI is InChI=1S/C14H21F3N2/c1-10(11-7-5-4-6-8-11)19-12(18)9-13(2,3)14(15,16)17/h4-8,10,12,19H,9,18H2,1-3H3/t10-,12-/m1/s1. The average molecular weight is 274 g/mol. The lowest BCUT2D eigenvalue weighted by Gasteiger charge is -2.31. The molecule has 0 aromatic heterocycles. The Hall–Kier alpha value is -1.07. The molecular weight excluding hydrogens is 253 g/mol. The average Bonchev–Trinajstić information content (AvgIpc) is 2.27. The van der Waals surface area contributed by atoms with Gasteiger partial charge in [0, 0.05) is 6.04 Å². The second kappa shape index (κ2) is 5.92. The molecule has 0 unspecified atom stereocenters. The highest BCUT2D eigenvalue weighted by molar-refractivity contribution is 5.18. The minimum absolute atomic E-state index is 0.0831. The maximum atomic E-state index is 12.8. The second-order valence-electron chi connectivity index (χ2n) is 5.49. The third-order valence-corrected chi connectivity index (χ3v) is 3.26. The van der Waals surface area contributed by atoms with E-state index in [1.165, 1.54) is 13.8 Å². The minimum Gasteiger partial charge on any atom is -0.316 e. The maximum Gasteiger partial charge on any atom is 0.394 e. The molecule has 0 fully saturated rings. The highest BCUT2D eigenvalue weighted by Gasteiger charge is 2.47. The molecule has 19 heavy (non-hydrogen) atoms. The highest BCUT2D eigenvalue weighted by Crippen LogP contribution is 2.40. The van der Waals surface area contributed by atoms with Crippen LogP contribution in [-0.2, 0) is 0 Å². The number of rotatable bonds is 5. The first-order valence-electron chi connectivity index (χ1n) is 6.27. The van der Waals surface area contributed by atoms with Crippen molar-refractivity contribution < 1.29 is 13.2 Å². The number of nitrogens with two attached hydrogens (primary N) is 1. The monoisotopic (exact) mass is 274 g/mol. The predicted molar refractivity (Wildman–Crippen MR) is 70.4 cm³/mol. The molecule has 0 aliphatic carbocycles. The highest BCUT2D eigenvalue weighted by atomic mass is 19.4. The fourth-order valence-electron chi connectivity index (χ4n) is 1.88. The molecule has 1 aromatic carbocycles. The van der Waals surface area contributed by atoms with Crippen molar-refractivity contribution in [2.75, 3.05) is 0 Å². The van der Waals surface area contributed by atoms with Gasteiger partial charge >= 0.3 is 6.18 Å². The van der Waals surface area contributed by atoms with Crippen molar-refractivity contribution in [1.82, 2.24) is 5.32 Å². The minimum atomic E-state index is -4.25. The summed E-state index contributed by atoms with van der Waals surface area (Å²) in [5, 5.41) is 3.00. The van der Waals surface area contributed by atoms with Crippen molar-refractivity contribution in [2.24, 2.45) is 11.1 Å². The molecule has 5 heteroatoms. The SMILES string of the molecule is C[C@@H](N[C@@H](N)CC(C)(C)C(F)(F)F)c1ccccc1. The summed E-state index contributed by atoms with van der Waals surface area (Å²) in [5.41, 5.74) is 4.99. The largest absolute Gasteiger partial charge is 0.394 e. The molecule has 108 valence electrons. The summed E-state index contributed by atoms with van der Waals surface area (Å²) in [7, 11) is 0. The molecule has 0 aliphatic rings. The summed E-state index contributed by atoms with van der Waals surface area (Å²) in [6.45, 7) is 4.22. The predicted octanol–water partition coefficient (Wildman–Crippen LogP) is 3.60. The van der Waals surface area contributed by atoms with Gasteiger partial charge in [-0.15, -0.1) is 0 Å². The zero-order valence-electron chi connectivity index (χ0n) is 11.5. The Morgan fingerprint density at radius 3 is 2.16 bits per heavy atom. The normalized spacial score (nSPS) is 16.2. The Bertz CT molecular complexity index is 387. The molecule has 0 aliphatic heterocycles. The van der Waals surface area contributed by atoms with Crippen LogP contribution in [0.15, 0.2) is 30.3 Å². The maximum absolute atomic E-state index is 12.8. The van der Waals surface area contributed by atoms with Gasteiger partial charge in [-0.05, 0) is 18.9 Å². The molecule has 2 atom stereocenters. The second-order valence-corrected chi connectivity index (χ2v) is 5.49. The third-order valence-electron chi connectivity index (χ3n) is 3.26. The lowest BCUT2D eigenvalue weighted by molar-refractivity contribution is -0.215. The van der Waals surface area contributed by atoms with Gasteiger partial charge in [0.25, 0.3) is 0 Å². The van der Waals surface area contributed by atoms with E-state index in [1.54, 1.807) is 0 Å². The first-order valence-corrected chi connectivity index (χ1v) is 6.27. The number of hydrogen-bond acceptors (Lipinski definition) is 2. The molecule has 0 saturated carbocycles. The Labute approximate surface area is 112 Å². The molecule has 1 aromatic rings. The molecule has 1 rings (SSSR count). The van der Waals surface area contributed by atoms with Crippen molar-refractivity contribution >= 4 is 0 Å². The van der Waals surface area contributed by atoms with Crippen molar-refractivity contribution in [3.05, 3.63) is 35.9 Å². The van der Waals surface area contributed by atoms with Crippen LogP contribution in [0.5, 0.6) is 0 Å². The summed E-state index contributed by atoms with van der Waals surface area (Å²) in [5.74, 6) is 0. The number of benzene rings is 1. The van der Waals surface area contributed by atoms with Crippen LogP contribution in [0.3, 0.4) is 0 Å². The molecule has 0 radical (unpaired) electrons. The van der Waals surface area contributed by atoms with Gasteiger partial charge in [0.05, 0.1) is 11.6 Å². The van der Waals surface area contributed by atoms with Gasteiger partial charge in [-0.25, -0.2) is 0 Å². The van der Waals surface area contributed by atoms with Crippen LogP contribution in [0.1, 0.15) is 38.8 Å². The van der Waals surface area contributed by atoms with Gasteiger partial charge in [-0.3, -0.25) is 5.32 Å². The van der Waals surface area contributed by atoms with Gasteiger partial charge in [0.15, 0.2) is 0 Å². The molecule has 0 bridgehead atoms. The van der Waals surface area contributed by atoms with Crippen LogP contribution < -0.4 is 11.1 Å². The summed E-state index contributed by atoms with van der Waals surface area (Å²) >= 11 is 0. The van der Waals surface area contributed by atoms with Crippen molar-refractivity contribution in [3.8, 4) is 0 Å². The summed E-state index contributed by atoms with van der Waals surface area (Å²) in [6, 6.07) is 9.42. The Morgan fingerprint density at radius 2 is 1.68 bits per heavy atom. The lowest BCUT2D eigenvalue weighted by Crippen LogP contribution is -2.46. The van der Waals surface area contributed by atoms with Gasteiger partial charge in [-0.1, -0.05) is 44.2 Å². The molecule has 0 heterocycles. The van der Waals surface area contributed by atoms with Crippen LogP contribution >= 0.6 is 0 Å². The topological polar surface area (TPSA) is 38.0 Å². The number of alkyl halides is 3. The smallest absolute Gasteiger partial charge is 0.316 e. The van der Waals surface area contributed by atoms with E-state index in [-0.39, 0.29) is 12.5 Å². The van der Waals surface area contributed by atoms with Crippen LogP contribution in [0.2, 0.25) is 0 Å². The van der Waals surface area contributed by atoms with Crippen LogP contribution in [0.25, 0.3) is 0 Å². The molecule has 0 saturated heterocycles. The molecule has 2 nitrogen and oxygen atoms in total. The zero-order valence-corrected chi connectivity index (χ0v) is 11.5. The third kappa shape index (κ3) is 4.51. The Balaban J connectivity index is 2.59. The molecular formula is C14H21F3N2. The van der Waals surface area contributed by atoms with Gasteiger partial charge in [0.1, 0.15) is 0 Å². The van der Waals surface area contributed by atoms with Crippen molar-refractivity contribution in [1.29, 1.82) is 0 Å². The Morgan fingerprint density at radius 1 is 1.16 bits per heavy atom. The van der Waals surface area contributed by atoms with E-state index < -0.39 is 17.8 Å². The summed E-state index contributed by atoms with van der Waals surface area (Å²) in [4.78, 5) is 0. The fourth-order valence-corrected chi connectivity index (χ4v) is 1.88. The zero-order chi connectivity index (χ0) is 14.7. The lowest BCUT2D eigenvalue weighted by atomic mass is 9.87. The molecule has 0 spiro atoms. The molecule has 0 amide bonds. The van der Waals surface area contributed by atoms with Crippen molar-refractivity contribution in [3.63, 3.8) is 0 Å². The number of halogens is 3. The van der Waals surface area contributed by atoms with Gasteiger partial charge in [0.2, 0.25) is 0 Å². The van der Waals surface area contributed by atoms with E-state index in [9.17, 15) is 13.2 Å². The van der Waals surface area contributed by atoms with E-state index in [4.69, 9.17) is 5.73 Å². The van der Waals surface area contributed by atoms with Crippen LogP contribution in [0.4, 0.5) is 13.2 Å². The Kier molecular flexibility index (Phi) is 4.98. The number of hydrogen-bond donors (Lipinski definition) is 2. The van der Waals surface area contributed by atoms with E-state index in [0.29, 0.717) is 0 Å². The van der Waals surface area contributed by atoms with E-state index >= 15 is 0 Å². The summed E-state index contributed by atoms with van der Waals surface area (Å²) in [6.07, 6.45) is -5.11. The van der Waals surface area contributed by atoms with Gasteiger partial charge < -0.3 is 5.73 Å². The molecule has 3 N–H and O–H groups in total. The van der Waals surface area contributed by atoms with E-state index in [1.807, 2.05) is 37.3 Å². The van der Waals surface area contributed by atoms with E-state index in [0.717, 1.165) is 5.56 Å². The number of nitrogens with one attached hydrogen (secondary N) is 1. The van der Waals surface area contributed by atoms with Gasteiger partial charge in [-0.2, -0.15) is 13.2 Å².